The zero-order valence-corrected chi connectivity index (χ0v) is 7.98. The van der Waals surface area contributed by atoms with Crippen LogP contribution < -0.4 is 5.48 Å². The molecule has 0 radical (unpaired) electrons. The third-order valence-corrected chi connectivity index (χ3v) is 2.41. The summed E-state index contributed by atoms with van der Waals surface area (Å²) in [6, 6.07) is 5.49. The van der Waals surface area contributed by atoms with Crippen LogP contribution in [0, 0.1) is 0 Å². The Morgan fingerprint density at radius 2 is 2.27 bits per heavy atom. The number of halogens is 2. The molecule has 0 atom stereocenters. The van der Waals surface area contributed by atoms with Crippen molar-refractivity contribution in [1.82, 2.24) is 5.48 Å². The molecule has 0 fully saturated rings. The van der Waals surface area contributed by atoms with Crippen LogP contribution in [0.25, 0.3) is 0 Å². The predicted molar refractivity (Wildman–Crippen MR) is 47.8 cm³/mol. The van der Waals surface area contributed by atoms with Gasteiger partial charge in [0.05, 0.1) is 0 Å². The number of hydrogen-bond donors (Lipinski definition) is 2. The Morgan fingerprint density at radius 1 is 1.55 bits per heavy atom. The van der Waals surface area contributed by atoms with Gasteiger partial charge in [0.2, 0.25) is 0 Å². The molecule has 0 amide bonds. The van der Waals surface area contributed by atoms with Crippen LogP contribution >= 0.6 is 27.5 Å². The highest BCUT2D eigenvalue weighted by Crippen LogP contribution is 2.23. The van der Waals surface area contributed by atoms with Crippen molar-refractivity contribution in [2.24, 2.45) is 0 Å². The number of hydroxylamine groups is 1. The summed E-state index contributed by atoms with van der Waals surface area (Å²) >= 11 is 9.14. The second-order valence-corrected chi connectivity index (χ2v) is 3.30. The zero-order chi connectivity index (χ0) is 8.27. The molecular weight excluding hydrogens is 229 g/mol. The molecular formula is C7H7BrClNO. The number of hydrogen-bond acceptors (Lipinski definition) is 2. The van der Waals surface area contributed by atoms with E-state index in [1.165, 1.54) is 0 Å². The summed E-state index contributed by atoms with van der Waals surface area (Å²) in [6.45, 7) is 0.347. The molecule has 2 N–H and O–H groups in total. The Hall–Kier alpha value is -0.0900. The second-order valence-electron chi connectivity index (χ2n) is 2.04. The minimum absolute atomic E-state index is 0.347. The Balaban J connectivity index is 3.00. The predicted octanol–water partition coefficient (Wildman–Crippen LogP) is 2.58. The Bertz CT molecular complexity index is 234. The van der Waals surface area contributed by atoms with E-state index < -0.39 is 0 Å². The Labute approximate surface area is 78.3 Å². The first-order chi connectivity index (χ1) is 5.25. The smallest absolute Gasteiger partial charge is 0.0484 e. The lowest BCUT2D eigenvalue weighted by atomic mass is 10.2. The standard InChI is InChI=1S/C7H7BrClNO/c8-6-2-1-3-7(9)5(6)4-10-11/h1-3,10-11H,4H2. The van der Waals surface area contributed by atoms with Crippen molar-refractivity contribution in [2.45, 2.75) is 6.54 Å². The monoisotopic (exact) mass is 235 g/mol. The van der Waals surface area contributed by atoms with Gasteiger partial charge in [0.25, 0.3) is 0 Å². The van der Waals surface area contributed by atoms with Crippen molar-refractivity contribution in [2.75, 3.05) is 0 Å². The average Bonchev–Trinajstić information content (AvgIpc) is 1.97. The van der Waals surface area contributed by atoms with E-state index in [0.29, 0.717) is 11.6 Å². The molecule has 0 heterocycles. The van der Waals surface area contributed by atoms with Crippen LogP contribution in [-0.2, 0) is 6.54 Å². The molecule has 0 aliphatic rings. The van der Waals surface area contributed by atoms with E-state index in [1.54, 1.807) is 6.07 Å². The van der Waals surface area contributed by atoms with Crippen LogP contribution in [-0.4, -0.2) is 5.21 Å². The minimum Gasteiger partial charge on any atom is -0.316 e. The summed E-state index contributed by atoms with van der Waals surface area (Å²) in [7, 11) is 0. The highest BCUT2D eigenvalue weighted by atomic mass is 79.9. The summed E-state index contributed by atoms with van der Waals surface area (Å²) in [5.74, 6) is 0. The minimum atomic E-state index is 0.347. The first kappa shape index (κ1) is 9.00. The molecule has 1 aromatic rings. The van der Waals surface area contributed by atoms with Crippen molar-refractivity contribution >= 4 is 27.5 Å². The number of benzene rings is 1. The van der Waals surface area contributed by atoms with Gasteiger partial charge in [-0.15, -0.1) is 0 Å². The van der Waals surface area contributed by atoms with Gasteiger partial charge in [-0.1, -0.05) is 33.6 Å². The molecule has 0 saturated heterocycles. The molecule has 1 aromatic carbocycles. The average molecular weight is 236 g/mol. The van der Waals surface area contributed by atoms with Crippen LogP contribution in [0.5, 0.6) is 0 Å². The van der Waals surface area contributed by atoms with E-state index in [9.17, 15) is 0 Å². The number of nitrogens with one attached hydrogen (secondary N) is 1. The molecule has 0 aliphatic carbocycles. The highest BCUT2D eigenvalue weighted by Gasteiger charge is 2.02. The molecule has 0 aromatic heterocycles. The van der Waals surface area contributed by atoms with Gasteiger partial charge < -0.3 is 5.21 Å². The SMILES string of the molecule is ONCc1c(Cl)cccc1Br. The molecule has 0 aliphatic heterocycles. The normalized spacial score (nSPS) is 10.1. The van der Waals surface area contributed by atoms with Gasteiger partial charge in [0.15, 0.2) is 0 Å². The van der Waals surface area contributed by atoms with E-state index >= 15 is 0 Å². The second kappa shape index (κ2) is 4.07. The van der Waals surface area contributed by atoms with Crippen molar-refractivity contribution < 1.29 is 5.21 Å². The molecule has 4 heteroatoms. The van der Waals surface area contributed by atoms with Crippen LogP contribution in [0.1, 0.15) is 5.56 Å². The Kier molecular flexibility index (Phi) is 3.33. The summed E-state index contributed by atoms with van der Waals surface area (Å²) in [5.41, 5.74) is 2.91. The Morgan fingerprint density at radius 3 is 2.82 bits per heavy atom. The van der Waals surface area contributed by atoms with Gasteiger partial charge in [-0.3, -0.25) is 0 Å². The molecule has 0 saturated carbocycles. The molecule has 60 valence electrons. The fourth-order valence-electron chi connectivity index (χ4n) is 0.780. The van der Waals surface area contributed by atoms with Crippen LogP contribution in [0.2, 0.25) is 5.02 Å². The quantitative estimate of drug-likeness (QED) is 0.774. The summed E-state index contributed by atoms with van der Waals surface area (Å²) in [5, 5.41) is 9.08. The first-order valence-electron chi connectivity index (χ1n) is 3.05. The topological polar surface area (TPSA) is 32.3 Å². The fourth-order valence-corrected chi connectivity index (χ4v) is 1.64. The third kappa shape index (κ3) is 2.17. The lowest BCUT2D eigenvalue weighted by molar-refractivity contribution is 0.161. The van der Waals surface area contributed by atoms with E-state index in [-0.39, 0.29) is 0 Å². The van der Waals surface area contributed by atoms with Crippen molar-refractivity contribution in [3.63, 3.8) is 0 Å². The van der Waals surface area contributed by atoms with Crippen LogP contribution in [0.3, 0.4) is 0 Å². The van der Waals surface area contributed by atoms with Gasteiger partial charge in [-0.25, -0.2) is 5.48 Å². The van der Waals surface area contributed by atoms with Crippen molar-refractivity contribution in [3.05, 3.63) is 33.3 Å². The molecule has 0 spiro atoms. The maximum atomic E-state index is 8.44. The highest BCUT2D eigenvalue weighted by molar-refractivity contribution is 9.10. The van der Waals surface area contributed by atoms with Crippen LogP contribution in [0.4, 0.5) is 0 Å². The van der Waals surface area contributed by atoms with E-state index in [0.717, 1.165) is 10.0 Å². The van der Waals surface area contributed by atoms with Crippen LogP contribution in [0.15, 0.2) is 22.7 Å². The summed E-state index contributed by atoms with van der Waals surface area (Å²) in [6.07, 6.45) is 0. The van der Waals surface area contributed by atoms with Gasteiger partial charge in [-0.2, -0.15) is 0 Å². The van der Waals surface area contributed by atoms with Gasteiger partial charge >= 0.3 is 0 Å². The molecule has 0 unspecified atom stereocenters. The zero-order valence-electron chi connectivity index (χ0n) is 5.64. The van der Waals surface area contributed by atoms with Gasteiger partial charge in [0.1, 0.15) is 0 Å². The molecule has 11 heavy (non-hydrogen) atoms. The van der Waals surface area contributed by atoms with Crippen molar-refractivity contribution in [1.29, 1.82) is 0 Å². The lowest BCUT2D eigenvalue weighted by Crippen LogP contribution is -2.06. The van der Waals surface area contributed by atoms with E-state index in [2.05, 4.69) is 21.4 Å². The third-order valence-electron chi connectivity index (χ3n) is 1.32. The van der Waals surface area contributed by atoms with Gasteiger partial charge in [0, 0.05) is 21.6 Å². The van der Waals surface area contributed by atoms with E-state index in [1.807, 2.05) is 12.1 Å². The molecule has 2 nitrogen and oxygen atoms in total. The first-order valence-corrected chi connectivity index (χ1v) is 4.22. The summed E-state index contributed by atoms with van der Waals surface area (Å²) in [4.78, 5) is 0. The maximum absolute atomic E-state index is 8.44. The van der Waals surface area contributed by atoms with Crippen molar-refractivity contribution in [3.8, 4) is 0 Å². The number of rotatable bonds is 2. The lowest BCUT2D eigenvalue weighted by Gasteiger charge is -2.04. The van der Waals surface area contributed by atoms with E-state index in [4.69, 9.17) is 16.8 Å². The van der Waals surface area contributed by atoms with Gasteiger partial charge in [-0.05, 0) is 12.1 Å². The fraction of sp³-hybridized carbons (Fsp3) is 0.143. The molecule has 1 rings (SSSR count). The maximum Gasteiger partial charge on any atom is 0.0484 e. The molecule has 0 bridgehead atoms. The summed E-state index contributed by atoms with van der Waals surface area (Å²) < 4.78 is 0.895. The largest absolute Gasteiger partial charge is 0.316 e.